The maximum atomic E-state index is 5.57. The van der Waals surface area contributed by atoms with Gasteiger partial charge >= 0.3 is 0 Å². The highest BCUT2D eigenvalue weighted by Gasteiger charge is 2.20. The van der Waals surface area contributed by atoms with Crippen molar-refractivity contribution in [3.63, 3.8) is 0 Å². The Morgan fingerprint density at radius 1 is 1.50 bits per heavy atom. The zero-order chi connectivity index (χ0) is 12.0. The summed E-state index contributed by atoms with van der Waals surface area (Å²) in [5.41, 5.74) is 6.47. The molecule has 1 atom stereocenters. The molecule has 3 N–H and O–H groups in total. The molecule has 0 saturated heterocycles. The fraction of sp³-hybridized carbons (Fsp3) is 0.500. The van der Waals surface area contributed by atoms with Crippen LogP contribution in [-0.2, 0) is 0 Å². The van der Waals surface area contributed by atoms with Gasteiger partial charge in [-0.1, -0.05) is 19.9 Å². The molecule has 0 bridgehead atoms. The third-order valence-corrected chi connectivity index (χ3v) is 2.28. The van der Waals surface area contributed by atoms with Gasteiger partial charge in [0, 0.05) is 6.54 Å². The molecule has 1 aromatic rings. The van der Waals surface area contributed by atoms with E-state index in [1.807, 2.05) is 32.0 Å². The Bertz CT molecular complexity index is 315. The number of para-hydroxylation sites is 1. The van der Waals surface area contributed by atoms with Gasteiger partial charge in [0.25, 0.3) is 0 Å². The summed E-state index contributed by atoms with van der Waals surface area (Å²) in [6.07, 6.45) is 0. The summed E-state index contributed by atoms with van der Waals surface area (Å²) in [6, 6.07) is 5.88. The van der Waals surface area contributed by atoms with Gasteiger partial charge < -0.3 is 20.5 Å². The van der Waals surface area contributed by atoms with E-state index in [-0.39, 0.29) is 6.04 Å². The Kier molecular flexibility index (Phi) is 4.92. The lowest BCUT2D eigenvalue weighted by molar-refractivity contribution is 0.283. The van der Waals surface area contributed by atoms with Crippen LogP contribution in [0.2, 0.25) is 0 Å². The lowest BCUT2D eigenvalue weighted by atomic mass is 10.2. The van der Waals surface area contributed by atoms with Crippen molar-refractivity contribution >= 4 is 5.69 Å². The smallest absolute Gasteiger partial charge is 0.146 e. The van der Waals surface area contributed by atoms with Crippen LogP contribution in [0.25, 0.3) is 0 Å². The van der Waals surface area contributed by atoms with Gasteiger partial charge in [-0.3, -0.25) is 0 Å². The van der Waals surface area contributed by atoms with Crippen molar-refractivity contribution in [2.75, 3.05) is 25.6 Å². The highest BCUT2D eigenvalue weighted by Crippen LogP contribution is 2.36. The third kappa shape index (κ3) is 2.58. The molecule has 2 rings (SSSR count). The van der Waals surface area contributed by atoms with Crippen LogP contribution in [-0.4, -0.2) is 26.3 Å². The number of fused-ring (bicyclic) bond motifs is 1. The number of hydrogen-bond donors (Lipinski definition) is 2. The second-order valence-electron chi connectivity index (χ2n) is 3.22. The molecule has 0 radical (unpaired) electrons. The SMILES string of the molecule is CC.COc1cccc2c1NC(CN)CO2. The average molecular weight is 224 g/mol. The second kappa shape index (κ2) is 6.23. The van der Waals surface area contributed by atoms with Crippen molar-refractivity contribution in [1.82, 2.24) is 0 Å². The molecule has 0 fully saturated rings. The van der Waals surface area contributed by atoms with E-state index in [0.29, 0.717) is 13.2 Å². The van der Waals surface area contributed by atoms with Crippen LogP contribution in [0.15, 0.2) is 18.2 Å². The Morgan fingerprint density at radius 3 is 2.88 bits per heavy atom. The van der Waals surface area contributed by atoms with Crippen LogP contribution < -0.4 is 20.5 Å². The number of nitrogens with two attached hydrogens (primary N) is 1. The molecule has 0 amide bonds. The van der Waals surface area contributed by atoms with Crippen molar-refractivity contribution in [1.29, 1.82) is 0 Å². The van der Waals surface area contributed by atoms with E-state index < -0.39 is 0 Å². The van der Waals surface area contributed by atoms with E-state index in [0.717, 1.165) is 17.2 Å². The van der Waals surface area contributed by atoms with Crippen LogP contribution in [0.5, 0.6) is 11.5 Å². The fourth-order valence-electron chi connectivity index (χ4n) is 1.51. The number of rotatable bonds is 2. The number of benzene rings is 1. The summed E-state index contributed by atoms with van der Waals surface area (Å²) >= 11 is 0. The average Bonchev–Trinajstić information content (AvgIpc) is 2.39. The monoisotopic (exact) mass is 224 g/mol. The minimum atomic E-state index is 0.166. The normalized spacial score (nSPS) is 17.1. The largest absolute Gasteiger partial charge is 0.494 e. The van der Waals surface area contributed by atoms with Crippen LogP contribution in [0.3, 0.4) is 0 Å². The lowest BCUT2D eigenvalue weighted by Gasteiger charge is -2.27. The van der Waals surface area contributed by atoms with Gasteiger partial charge in [-0.2, -0.15) is 0 Å². The van der Waals surface area contributed by atoms with Crippen molar-refractivity contribution in [2.45, 2.75) is 19.9 Å². The highest BCUT2D eigenvalue weighted by atomic mass is 16.5. The molecule has 4 heteroatoms. The Labute approximate surface area is 96.7 Å². The first-order valence-electron chi connectivity index (χ1n) is 5.61. The molecular formula is C12H20N2O2. The molecule has 0 aliphatic carbocycles. The molecule has 0 spiro atoms. The van der Waals surface area contributed by atoms with Crippen LogP contribution in [0.1, 0.15) is 13.8 Å². The Balaban J connectivity index is 0.000000606. The zero-order valence-corrected chi connectivity index (χ0v) is 10.1. The summed E-state index contributed by atoms with van der Waals surface area (Å²) in [6.45, 7) is 5.16. The summed E-state index contributed by atoms with van der Waals surface area (Å²) in [5.74, 6) is 1.62. The first-order valence-corrected chi connectivity index (χ1v) is 5.61. The molecule has 4 nitrogen and oxygen atoms in total. The molecule has 0 aromatic heterocycles. The molecule has 1 aliphatic heterocycles. The van der Waals surface area contributed by atoms with Crippen molar-refractivity contribution < 1.29 is 9.47 Å². The van der Waals surface area contributed by atoms with Gasteiger partial charge in [0.05, 0.1) is 13.2 Å². The van der Waals surface area contributed by atoms with Gasteiger partial charge in [-0.25, -0.2) is 0 Å². The number of hydrogen-bond acceptors (Lipinski definition) is 4. The first-order chi connectivity index (χ1) is 7.85. The maximum Gasteiger partial charge on any atom is 0.146 e. The predicted molar refractivity (Wildman–Crippen MR) is 66.3 cm³/mol. The topological polar surface area (TPSA) is 56.5 Å². The highest BCUT2D eigenvalue weighted by molar-refractivity contribution is 5.67. The standard InChI is InChI=1S/C10H14N2O2.C2H6/c1-13-8-3-2-4-9-10(8)12-7(5-11)6-14-9;1-2/h2-4,7,12H,5-6,11H2,1H3;1-2H3. The maximum absolute atomic E-state index is 5.57. The molecular weight excluding hydrogens is 204 g/mol. The van der Waals surface area contributed by atoms with Crippen molar-refractivity contribution in [3.05, 3.63) is 18.2 Å². The van der Waals surface area contributed by atoms with E-state index in [1.54, 1.807) is 7.11 Å². The van der Waals surface area contributed by atoms with Crippen molar-refractivity contribution in [2.24, 2.45) is 5.73 Å². The van der Waals surface area contributed by atoms with Crippen LogP contribution in [0.4, 0.5) is 5.69 Å². The van der Waals surface area contributed by atoms with E-state index in [2.05, 4.69) is 5.32 Å². The Hall–Kier alpha value is -1.42. The summed E-state index contributed by atoms with van der Waals surface area (Å²) in [7, 11) is 1.64. The van der Waals surface area contributed by atoms with Gasteiger partial charge in [0.1, 0.15) is 23.8 Å². The number of nitrogens with one attached hydrogen (secondary N) is 1. The van der Waals surface area contributed by atoms with Gasteiger partial charge in [0.15, 0.2) is 0 Å². The number of methoxy groups -OCH3 is 1. The molecule has 1 aliphatic rings. The van der Waals surface area contributed by atoms with E-state index in [1.165, 1.54) is 0 Å². The minimum Gasteiger partial charge on any atom is -0.494 e. The van der Waals surface area contributed by atoms with Gasteiger partial charge in [-0.05, 0) is 12.1 Å². The fourth-order valence-corrected chi connectivity index (χ4v) is 1.51. The molecule has 16 heavy (non-hydrogen) atoms. The summed E-state index contributed by atoms with van der Waals surface area (Å²) in [4.78, 5) is 0. The lowest BCUT2D eigenvalue weighted by Crippen LogP contribution is -2.37. The second-order valence-corrected chi connectivity index (χ2v) is 3.22. The third-order valence-electron chi connectivity index (χ3n) is 2.28. The van der Waals surface area contributed by atoms with E-state index in [4.69, 9.17) is 15.2 Å². The zero-order valence-electron chi connectivity index (χ0n) is 10.1. The quantitative estimate of drug-likeness (QED) is 0.805. The molecule has 90 valence electrons. The van der Waals surface area contributed by atoms with Gasteiger partial charge in [-0.15, -0.1) is 0 Å². The number of anilines is 1. The Morgan fingerprint density at radius 2 is 2.25 bits per heavy atom. The molecule has 0 saturated carbocycles. The van der Waals surface area contributed by atoms with E-state index >= 15 is 0 Å². The van der Waals surface area contributed by atoms with Crippen LogP contribution in [0, 0.1) is 0 Å². The summed E-state index contributed by atoms with van der Waals surface area (Å²) in [5, 5.41) is 3.29. The predicted octanol–water partition coefficient (Wildman–Crippen LogP) is 1.85. The van der Waals surface area contributed by atoms with Gasteiger partial charge in [0.2, 0.25) is 0 Å². The molecule has 1 unspecified atom stereocenters. The molecule has 1 heterocycles. The van der Waals surface area contributed by atoms with Crippen molar-refractivity contribution in [3.8, 4) is 11.5 Å². The summed E-state index contributed by atoms with van der Waals surface area (Å²) < 4.78 is 10.8. The molecule has 1 aromatic carbocycles. The number of ether oxygens (including phenoxy) is 2. The van der Waals surface area contributed by atoms with Crippen LogP contribution >= 0.6 is 0 Å². The minimum absolute atomic E-state index is 0.166. The van der Waals surface area contributed by atoms with E-state index in [9.17, 15) is 0 Å². The first kappa shape index (κ1) is 12.6.